The van der Waals surface area contributed by atoms with Gasteiger partial charge < -0.3 is 19.9 Å². The maximum absolute atomic E-state index is 15.4. The lowest BCUT2D eigenvalue weighted by molar-refractivity contribution is 0.0695. The van der Waals surface area contributed by atoms with Gasteiger partial charge in [0, 0.05) is 42.8 Å². The first-order valence-corrected chi connectivity index (χ1v) is 10.00. The van der Waals surface area contributed by atoms with Crippen molar-refractivity contribution in [3.05, 3.63) is 39.4 Å². The average molecular weight is 385 g/mol. The van der Waals surface area contributed by atoms with Gasteiger partial charge in [0.25, 0.3) is 0 Å². The van der Waals surface area contributed by atoms with Gasteiger partial charge in [0.2, 0.25) is 5.43 Å². The maximum Gasteiger partial charge on any atom is 0.341 e. The molecule has 6 nitrogen and oxygen atoms in total. The molecule has 28 heavy (non-hydrogen) atoms. The minimum absolute atomic E-state index is 0.137. The second-order valence-corrected chi connectivity index (χ2v) is 8.60. The van der Waals surface area contributed by atoms with E-state index >= 15 is 4.39 Å². The molecule has 1 saturated carbocycles. The third kappa shape index (κ3) is 2.71. The van der Waals surface area contributed by atoms with Crippen LogP contribution in [0.2, 0.25) is 0 Å². The molecule has 0 spiro atoms. The van der Waals surface area contributed by atoms with Gasteiger partial charge in [-0.15, -0.1) is 0 Å². The summed E-state index contributed by atoms with van der Waals surface area (Å²) in [5.74, 6) is -0.975. The number of pyridine rings is 1. The zero-order valence-electron chi connectivity index (χ0n) is 15.9. The number of piperidine rings is 1. The average Bonchev–Trinajstić information content (AvgIpc) is 3.48. The number of nitrogens with one attached hydrogen (secondary N) is 1. The van der Waals surface area contributed by atoms with Crippen LogP contribution in [0, 0.1) is 11.7 Å². The van der Waals surface area contributed by atoms with E-state index in [1.807, 2.05) is 0 Å². The zero-order chi connectivity index (χ0) is 19.6. The first-order chi connectivity index (χ1) is 13.4. The van der Waals surface area contributed by atoms with Crippen LogP contribution in [0.25, 0.3) is 10.9 Å². The highest BCUT2D eigenvalue weighted by atomic mass is 19.1. The van der Waals surface area contributed by atoms with Crippen LogP contribution in [0.15, 0.2) is 17.1 Å². The van der Waals surface area contributed by atoms with Crippen LogP contribution in [-0.4, -0.2) is 53.7 Å². The second kappa shape index (κ2) is 6.30. The van der Waals surface area contributed by atoms with E-state index in [0.717, 1.165) is 50.9 Å². The standard InChI is InChI=1S/C21H24FN3O3/c1-24-8-11-2-5-13(24)10-25(9-11)19-16(22)6-14-18(17(19)12-3-4-12)23-7-15(20(14)26)21(27)28/h6-7,11-13H,2-5,8-10H2,1H3,(H,23,26)(H,27,28). The molecule has 4 fully saturated rings. The van der Waals surface area contributed by atoms with Gasteiger partial charge in [-0.2, -0.15) is 0 Å². The number of anilines is 1. The lowest BCUT2D eigenvalue weighted by Gasteiger charge is -2.32. The minimum atomic E-state index is -1.30. The number of likely N-dealkylation sites (N-methyl/N-ethyl adjacent to an activating group) is 1. The van der Waals surface area contributed by atoms with Gasteiger partial charge in [-0.25, -0.2) is 9.18 Å². The predicted octanol–water partition coefficient (Wildman–Crippen LogP) is 2.77. The highest BCUT2D eigenvalue weighted by molar-refractivity contribution is 5.95. The number of H-pyrrole nitrogens is 1. The van der Waals surface area contributed by atoms with Crippen LogP contribution in [0.4, 0.5) is 10.1 Å². The lowest BCUT2D eigenvalue weighted by Crippen LogP contribution is -2.41. The molecule has 2 bridgehead atoms. The Bertz CT molecular complexity index is 1030. The topological polar surface area (TPSA) is 76.6 Å². The molecule has 1 aliphatic carbocycles. The predicted molar refractivity (Wildman–Crippen MR) is 105 cm³/mol. The Labute approximate surface area is 161 Å². The maximum atomic E-state index is 15.4. The van der Waals surface area contributed by atoms with E-state index in [1.165, 1.54) is 12.3 Å². The molecule has 4 heterocycles. The fraction of sp³-hybridized carbons (Fsp3) is 0.524. The van der Waals surface area contributed by atoms with E-state index in [2.05, 4.69) is 21.8 Å². The van der Waals surface area contributed by atoms with Gasteiger partial charge in [-0.3, -0.25) is 4.79 Å². The molecule has 6 rings (SSSR count). The first-order valence-electron chi connectivity index (χ1n) is 10.00. The van der Waals surface area contributed by atoms with Crippen molar-refractivity contribution >= 4 is 22.6 Å². The SMILES string of the molecule is CN1CC2CCC1CN(c1c(F)cc3c(=O)c(C(=O)O)c[nH]c3c1C1CC1)C2. The Morgan fingerprint density at radius 3 is 2.68 bits per heavy atom. The number of halogens is 1. The summed E-state index contributed by atoms with van der Waals surface area (Å²) in [6.07, 6.45) is 5.48. The van der Waals surface area contributed by atoms with Gasteiger partial charge in [0.1, 0.15) is 11.4 Å². The summed E-state index contributed by atoms with van der Waals surface area (Å²) >= 11 is 0. The summed E-state index contributed by atoms with van der Waals surface area (Å²) in [4.78, 5) is 31.5. The summed E-state index contributed by atoms with van der Waals surface area (Å²) in [5, 5.41) is 9.38. The summed E-state index contributed by atoms with van der Waals surface area (Å²) in [5.41, 5.74) is 1.09. The van der Waals surface area contributed by atoms with Crippen LogP contribution < -0.4 is 10.3 Å². The Balaban J connectivity index is 1.70. The molecule has 2 unspecified atom stereocenters. The summed E-state index contributed by atoms with van der Waals surface area (Å²) in [6.45, 7) is 2.64. The van der Waals surface area contributed by atoms with E-state index in [1.54, 1.807) is 0 Å². The van der Waals surface area contributed by atoms with Crippen LogP contribution in [0.5, 0.6) is 0 Å². The monoisotopic (exact) mass is 385 g/mol. The summed E-state index contributed by atoms with van der Waals surface area (Å²) in [7, 11) is 2.14. The van der Waals surface area contributed by atoms with Crippen molar-refractivity contribution in [3.63, 3.8) is 0 Å². The molecule has 2 atom stereocenters. The van der Waals surface area contributed by atoms with Gasteiger partial charge in [0.15, 0.2) is 0 Å². The molecule has 3 saturated heterocycles. The summed E-state index contributed by atoms with van der Waals surface area (Å²) < 4.78 is 15.4. The van der Waals surface area contributed by atoms with Crippen molar-refractivity contribution in [1.82, 2.24) is 9.88 Å². The van der Waals surface area contributed by atoms with E-state index in [-0.39, 0.29) is 16.9 Å². The quantitative estimate of drug-likeness (QED) is 0.850. The molecule has 148 valence electrons. The van der Waals surface area contributed by atoms with Gasteiger partial charge in [-0.1, -0.05) is 0 Å². The number of carboxylic acids is 1. The molecule has 1 aromatic heterocycles. The third-order valence-electron chi connectivity index (χ3n) is 6.66. The molecule has 2 N–H and O–H groups in total. The van der Waals surface area contributed by atoms with Crippen molar-refractivity contribution < 1.29 is 14.3 Å². The van der Waals surface area contributed by atoms with Crippen LogP contribution in [-0.2, 0) is 0 Å². The van der Waals surface area contributed by atoms with Crippen molar-refractivity contribution in [1.29, 1.82) is 0 Å². The summed E-state index contributed by atoms with van der Waals surface area (Å²) in [6, 6.07) is 1.65. The molecular formula is C21H24FN3O3. The van der Waals surface area contributed by atoms with Crippen molar-refractivity contribution in [2.24, 2.45) is 5.92 Å². The van der Waals surface area contributed by atoms with Crippen LogP contribution in [0.3, 0.4) is 0 Å². The number of aromatic carboxylic acids is 1. The first kappa shape index (κ1) is 17.7. The fourth-order valence-corrected chi connectivity index (χ4v) is 5.10. The highest BCUT2D eigenvalue weighted by Gasteiger charge is 2.38. The number of fused-ring (bicyclic) bond motifs is 5. The number of carboxylic acid groups (broad SMARTS) is 1. The number of nitrogens with zero attached hydrogens (tertiary/aromatic N) is 2. The number of rotatable bonds is 3. The number of aromatic amines is 1. The molecule has 2 aromatic rings. The number of benzene rings is 1. The fourth-order valence-electron chi connectivity index (χ4n) is 5.10. The molecule has 3 aliphatic heterocycles. The molecule has 1 aromatic carbocycles. The Kier molecular flexibility index (Phi) is 3.98. The van der Waals surface area contributed by atoms with Crippen LogP contribution in [0.1, 0.15) is 47.5 Å². The molecule has 0 radical (unpaired) electrons. The lowest BCUT2D eigenvalue weighted by atomic mass is 9.96. The third-order valence-corrected chi connectivity index (χ3v) is 6.66. The smallest absolute Gasteiger partial charge is 0.341 e. The molecule has 7 heteroatoms. The Morgan fingerprint density at radius 2 is 2.00 bits per heavy atom. The van der Waals surface area contributed by atoms with Crippen molar-refractivity contribution in [3.8, 4) is 0 Å². The minimum Gasteiger partial charge on any atom is -0.477 e. The molecular weight excluding hydrogens is 361 g/mol. The van der Waals surface area contributed by atoms with Crippen LogP contribution >= 0.6 is 0 Å². The van der Waals surface area contributed by atoms with Crippen molar-refractivity contribution in [2.75, 3.05) is 31.6 Å². The number of carbonyl (C=O) groups is 1. The number of aromatic nitrogens is 1. The van der Waals surface area contributed by atoms with E-state index in [4.69, 9.17) is 0 Å². The molecule has 4 aliphatic rings. The number of hydrogen-bond donors (Lipinski definition) is 2. The normalized spacial score (nSPS) is 25.3. The molecule has 0 amide bonds. The van der Waals surface area contributed by atoms with Gasteiger partial charge in [0.05, 0.1) is 11.2 Å². The van der Waals surface area contributed by atoms with Gasteiger partial charge >= 0.3 is 5.97 Å². The Hall–Kier alpha value is -2.41. The van der Waals surface area contributed by atoms with E-state index in [0.29, 0.717) is 23.2 Å². The Morgan fingerprint density at radius 1 is 1.21 bits per heavy atom. The van der Waals surface area contributed by atoms with E-state index in [9.17, 15) is 14.7 Å². The van der Waals surface area contributed by atoms with E-state index < -0.39 is 17.2 Å². The van der Waals surface area contributed by atoms with Gasteiger partial charge in [-0.05, 0) is 50.6 Å². The largest absolute Gasteiger partial charge is 0.477 e. The highest BCUT2D eigenvalue weighted by Crippen LogP contribution is 2.48. The number of hydrogen-bond acceptors (Lipinski definition) is 4. The van der Waals surface area contributed by atoms with Crippen molar-refractivity contribution in [2.45, 2.75) is 37.6 Å². The second-order valence-electron chi connectivity index (χ2n) is 8.60. The zero-order valence-corrected chi connectivity index (χ0v) is 15.9.